The van der Waals surface area contributed by atoms with E-state index in [9.17, 15) is 9.50 Å². The maximum absolute atomic E-state index is 12.8. The first-order chi connectivity index (χ1) is 7.16. The molecule has 82 valence electrons. The molecule has 1 fully saturated rings. The molecule has 0 aromatic heterocycles. The lowest BCUT2D eigenvalue weighted by Crippen LogP contribution is -2.29. The van der Waals surface area contributed by atoms with Crippen LogP contribution in [-0.2, 0) is 0 Å². The minimum Gasteiger partial charge on any atom is -0.485 e. The van der Waals surface area contributed by atoms with Crippen LogP contribution >= 0.6 is 15.9 Å². The molecule has 2 N–H and O–H groups in total. The smallest absolute Gasteiger partial charge is 0.138 e. The highest BCUT2D eigenvalue weighted by molar-refractivity contribution is 9.10. The second-order valence-electron chi connectivity index (χ2n) is 3.46. The van der Waals surface area contributed by atoms with Gasteiger partial charge in [-0.1, -0.05) is 0 Å². The number of nitrogens with one attached hydrogen (secondary N) is 1. The van der Waals surface area contributed by atoms with Crippen molar-refractivity contribution in [3.63, 3.8) is 0 Å². The second kappa shape index (κ2) is 4.47. The van der Waals surface area contributed by atoms with Gasteiger partial charge in [0.2, 0.25) is 0 Å². The molecule has 2 unspecified atom stereocenters. The fourth-order valence-electron chi connectivity index (χ4n) is 1.50. The van der Waals surface area contributed by atoms with Crippen molar-refractivity contribution in [1.82, 2.24) is 5.32 Å². The molecule has 0 bridgehead atoms. The largest absolute Gasteiger partial charge is 0.485 e. The van der Waals surface area contributed by atoms with Crippen molar-refractivity contribution in [2.45, 2.75) is 12.2 Å². The van der Waals surface area contributed by atoms with Crippen LogP contribution in [0, 0.1) is 5.82 Å². The van der Waals surface area contributed by atoms with Gasteiger partial charge >= 0.3 is 0 Å². The average Bonchev–Trinajstić information content (AvgIpc) is 2.57. The van der Waals surface area contributed by atoms with Gasteiger partial charge in [-0.15, -0.1) is 0 Å². The minimum absolute atomic E-state index is 0.272. The van der Waals surface area contributed by atoms with Gasteiger partial charge in [-0.3, -0.25) is 0 Å². The summed E-state index contributed by atoms with van der Waals surface area (Å²) in [6.45, 7) is 1.13. The van der Waals surface area contributed by atoms with Crippen molar-refractivity contribution in [3.8, 4) is 5.75 Å². The molecule has 3 nitrogen and oxygen atoms in total. The average molecular weight is 276 g/mol. The van der Waals surface area contributed by atoms with Crippen molar-refractivity contribution in [1.29, 1.82) is 0 Å². The lowest BCUT2D eigenvalue weighted by atomic mass is 10.2. The Hall–Kier alpha value is -0.650. The van der Waals surface area contributed by atoms with Crippen LogP contribution in [-0.4, -0.2) is 30.4 Å². The van der Waals surface area contributed by atoms with Gasteiger partial charge in [0.1, 0.15) is 23.8 Å². The van der Waals surface area contributed by atoms with Crippen LogP contribution in [0.1, 0.15) is 0 Å². The van der Waals surface area contributed by atoms with Crippen LogP contribution < -0.4 is 10.1 Å². The number of β-amino-alcohol motifs (C(OH)–C–C–N with tert-alkyl or cyclic N) is 1. The Labute approximate surface area is 95.4 Å². The van der Waals surface area contributed by atoms with Crippen molar-refractivity contribution in [2.75, 3.05) is 13.1 Å². The first kappa shape index (κ1) is 10.9. The van der Waals surface area contributed by atoms with Gasteiger partial charge in [0.05, 0.1) is 4.47 Å². The molecule has 1 heterocycles. The van der Waals surface area contributed by atoms with E-state index in [0.29, 0.717) is 23.3 Å². The lowest BCUT2D eigenvalue weighted by Gasteiger charge is -2.17. The van der Waals surface area contributed by atoms with Gasteiger partial charge in [0.25, 0.3) is 0 Å². The molecule has 1 aliphatic rings. The lowest BCUT2D eigenvalue weighted by molar-refractivity contribution is 0.0732. The molecular formula is C10H11BrFNO2. The van der Waals surface area contributed by atoms with E-state index in [2.05, 4.69) is 21.2 Å². The number of halogens is 2. The van der Waals surface area contributed by atoms with Crippen LogP contribution in [0.25, 0.3) is 0 Å². The highest BCUT2D eigenvalue weighted by Gasteiger charge is 2.27. The third-order valence-corrected chi connectivity index (χ3v) is 2.92. The van der Waals surface area contributed by atoms with Crippen molar-refractivity contribution in [3.05, 3.63) is 28.5 Å². The quantitative estimate of drug-likeness (QED) is 0.855. The molecule has 2 atom stereocenters. The molecule has 0 radical (unpaired) electrons. The summed E-state index contributed by atoms with van der Waals surface area (Å²) in [4.78, 5) is 0. The van der Waals surface area contributed by atoms with Gasteiger partial charge in [-0.05, 0) is 34.1 Å². The third-order valence-electron chi connectivity index (χ3n) is 2.30. The Morgan fingerprint density at radius 1 is 1.47 bits per heavy atom. The molecule has 2 rings (SSSR count). The molecule has 1 saturated heterocycles. The molecular weight excluding hydrogens is 265 g/mol. The SMILES string of the molecule is OC1CNCC1Oc1ccc(F)cc1Br. The van der Waals surface area contributed by atoms with Crippen LogP contribution in [0.15, 0.2) is 22.7 Å². The van der Waals surface area contributed by atoms with Gasteiger partial charge in [-0.2, -0.15) is 0 Å². The maximum Gasteiger partial charge on any atom is 0.138 e. The first-order valence-electron chi connectivity index (χ1n) is 4.67. The van der Waals surface area contributed by atoms with E-state index in [1.54, 1.807) is 6.07 Å². The summed E-state index contributed by atoms with van der Waals surface area (Å²) in [6.07, 6.45) is -0.784. The topological polar surface area (TPSA) is 41.5 Å². The molecule has 15 heavy (non-hydrogen) atoms. The van der Waals surface area contributed by atoms with Crippen molar-refractivity contribution < 1.29 is 14.2 Å². The molecule has 1 aromatic carbocycles. The predicted molar refractivity (Wildman–Crippen MR) is 57.4 cm³/mol. The van der Waals surface area contributed by atoms with Crippen LogP contribution in [0.2, 0.25) is 0 Å². The molecule has 0 saturated carbocycles. The monoisotopic (exact) mass is 275 g/mol. The number of ether oxygens (including phenoxy) is 1. The number of aliphatic hydroxyl groups excluding tert-OH is 1. The molecule has 0 spiro atoms. The standard InChI is InChI=1S/C10H11BrFNO2/c11-7-3-6(12)1-2-9(7)15-10-5-13-4-8(10)14/h1-3,8,10,13-14H,4-5H2. The van der Waals surface area contributed by atoms with E-state index in [-0.39, 0.29) is 11.9 Å². The normalized spacial score (nSPS) is 25.5. The molecule has 1 aromatic rings. The van der Waals surface area contributed by atoms with Crippen molar-refractivity contribution >= 4 is 15.9 Å². The number of aliphatic hydroxyl groups is 1. The Kier molecular flexibility index (Phi) is 3.23. The fourth-order valence-corrected chi connectivity index (χ4v) is 1.94. The summed E-state index contributed by atoms with van der Waals surface area (Å²) in [5, 5.41) is 12.5. The molecule has 1 aliphatic heterocycles. The maximum atomic E-state index is 12.8. The second-order valence-corrected chi connectivity index (χ2v) is 4.31. The first-order valence-corrected chi connectivity index (χ1v) is 5.46. The predicted octanol–water partition coefficient (Wildman–Crippen LogP) is 1.30. The molecule has 0 aliphatic carbocycles. The fraction of sp³-hybridized carbons (Fsp3) is 0.400. The number of rotatable bonds is 2. The summed E-state index contributed by atoms with van der Waals surface area (Å²) in [5.41, 5.74) is 0. The summed E-state index contributed by atoms with van der Waals surface area (Å²) in [7, 11) is 0. The highest BCUT2D eigenvalue weighted by atomic mass is 79.9. The van der Waals surface area contributed by atoms with E-state index in [4.69, 9.17) is 4.74 Å². The summed E-state index contributed by atoms with van der Waals surface area (Å²) in [6, 6.07) is 4.21. The van der Waals surface area contributed by atoms with Crippen LogP contribution in [0.5, 0.6) is 5.75 Å². The van der Waals surface area contributed by atoms with Crippen LogP contribution in [0.3, 0.4) is 0 Å². The van der Waals surface area contributed by atoms with Crippen LogP contribution in [0.4, 0.5) is 4.39 Å². The van der Waals surface area contributed by atoms with E-state index in [0.717, 1.165) is 0 Å². The third kappa shape index (κ3) is 2.48. The van der Waals surface area contributed by atoms with Crippen molar-refractivity contribution in [2.24, 2.45) is 0 Å². The zero-order valence-corrected chi connectivity index (χ0v) is 9.50. The van der Waals surface area contributed by atoms with Gasteiger partial charge in [0, 0.05) is 13.1 Å². The zero-order chi connectivity index (χ0) is 10.8. The van der Waals surface area contributed by atoms with Gasteiger partial charge in [-0.25, -0.2) is 4.39 Å². The Balaban J connectivity index is 2.10. The van der Waals surface area contributed by atoms with Gasteiger partial charge < -0.3 is 15.2 Å². The van der Waals surface area contributed by atoms with E-state index >= 15 is 0 Å². The Morgan fingerprint density at radius 2 is 2.27 bits per heavy atom. The molecule has 0 amide bonds. The van der Waals surface area contributed by atoms with E-state index < -0.39 is 6.10 Å². The number of benzene rings is 1. The molecule has 5 heteroatoms. The Bertz CT molecular complexity index is 361. The summed E-state index contributed by atoms with van der Waals surface area (Å²) < 4.78 is 18.9. The van der Waals surface area contributed by atoms with E-state index in [1.807, 2.05) is 0 Å². The van der Waals surface area contributed by atoms with E-state index in [1.165, 1.54) is 12.1 Å². The minimum atomic E-state index is -0.512. The Morgan fingerprint density at radius 3 is 2.87 bits per heavy atom. The zero-order valence-electron chi connectivity index (χ0n) is 7.91. The summed E-state index contributed by atoms with van der Waals surface area (Å²) in [5.74, 6) is 0.225. The summed E-state index contributed by atoms with van der Waals surface area (Å²) >= 11 is 3.21. The van der Waals surface area contributed by atoms with Gasteiger partial charge in [0.15, 0.2) is 0 Å². The highest BCUT2D eigenvalue weighted by Crippen LogP contribution is 2.27. The number of hydrogen-bond acceptors (Lipinski definition) is 3. The number of hydrogen-bond donors (Lipinski definition) is 2.